The Morgan fingerprint density at radius 2 is 1.56 bits per heavy atom. The maximum absolute atomic E-state index is 12.3. The number of benzene rings is 2. The number of hydrogen-bond donors (Lipinski definition) is 1. The maximum Gasteiger partial charge on any atom is 0.387 e. The molecule has 2 aromatic rings. The number of ether oxygens (including phenoxy) is 2. The lowest BCUT2D eigenvalue weighted by Gasteiger charge is -2.10. The van der Waals surface area contributed by atoms with E-state index in [4.69, 9.17) is 0 Å². The van der Waals surface area contributed by atoms with Crippen LogP contribution >= 0.6 is 0 Å². The van der Waals surface area contributed by atoms with Gasteiger partial charge in [-0.2, -0.15) is 17.6 Å². The van der Waals surface area contributed by atoms with Crippen molar-refractivity contribution in [1.29, 1.82) is 0 Å². The van der Waals surface area contributed by atoms with E-state index in [1.54, 1.807) is 6.07 Å². The summed E-state index contributed by atoms with van der Waals surface area (Å²) < 4.78 is 57.2. The monoisotopic (exact) mass is 355 g/mol. The summed E-state index contributed by atoms with van der Waals surface area (Å²) in [6.45, 7) is -5.93. The minimum Gasteiger partial charge on any atom is -0.435 e. The van der Waals surface area contributed by atoms with Crippen LogP contribution in [0.5, 0.6) is 11.5 Å². The molecule has 0 aliphatic carbocycles. The Hall–Kier alpha value is -3.03. The Balaban J connectivity index is 1.99. The molecule has 8 heteroatoms. The average Bonchev–Trinajstić information content (AvgIpc) is 2.55. The minimum absolute atomic E-state index is 0.00493. The highest BCUT2D eigenvalue weighted by atomic mass is 19.3. The average molecular weight is 355 g/mol. The third-order valence-corrected chi connectivity index (χ3v) is 2.89. The number of anilines is 1. The molecule has 0 saturated carbocycles. The SMILES string of the molecule is O=C(/C=C/c1ccc(OC(F)F)cc1)Nc1ccccc1OC(F)F. The molecule has 0 aliphatic heterocycles. The van der Waals surface area contributed by atoms with Crippen LogP contribution in [-0.2, 0) is 4.79 Å². The number of amides is 1. The van der Waals surface area contributed by atoms with E-state index in [1.807, 2.05) is 0 Å². The van der Waals surface area contributed by atoms with Crippen molar-refractivity contribution in [3.8, 4) is 11.5 Å². The molecule has 0 bridgehead atoms. The highest BCUT2D eigenvalue weighted by Gasteiger charge is 2.10. The number of alkyl halides is 4. The zero-order valence-electron chi connectivity index (χ0n) is 12.7. The van der Waals surface area contributed by atoms with Gasteiger partial charge in [-0.3, -0.25) is 4.79 Å². The molecular weight excluding hydrogens is 342 g/mol. The number of hydrogen-bond acceptors (Lipinski definition) is 3. The molecule has 0 unspecified atom stereocenters. The lowest BCUT2D eigenvalue weighted by atomic mass is 10.2. The molecule has 2 aromatic carbocycles. The van der Waals surface area contributed by atoms with Crippen molar-refractivity contribution < 1.29 is 31.8 Å². The summed E-state index contributed by atoms with van der Waals surface area (Å²) in [5, 5.41) is 2.42. The standard InChI is InChI=1S/C17H13F4NO3/c18-16(19)24-12-8-5-11(6-9-12)7-10-15(23)22-13-3-1-2-4-14(13)25-17(20)21/h1-10,16-17H,(H,22,23)/b10-7+. The van der Waals surface area contributed by atoms with Crippen molar-refractivity contribution in [3.05, 3.63) is 60.2 Å². The molecule has 0 aromatic heterocycles. The molecule has 1 N–H and O–H groups in total. The van der Waals surface area contributed by atoms with Gasteiger partial charge in [0.15, 0.2) is 0 Å². The highest BCUT2D eigenvalue weighted by molar-refractivity contribution is 6.02. The second-order valence-corrected chi connectivity index (χ2v) is 4.64. The van der Waals surface area contributed by atoms with E-state index in [0.29, 0.717) is 5.56 Å². The fourth-order valence-electron chi connectivity index (χ4n) is 1.88. The molecule has 4 nitrogen and oxygen atoms in total. The lowest BCUT2D eigenvalue weighted by Crippen LogP contribution is -2.11. The van der Waals surface area contributed by atoms with Gasteiger partial charge in [0.2, 0.25) is 5.91 Å². The summed E-state index contributed by atoms with van der Waals surface area (Å²) in [7, 11) is 0. The number of halogens is 4. The van der Waals surface area contributed by atoms with Crippen LogP contribution in [0.25, 0.3) is 6.08 Å². The fourth-order valence-corrected chi connectivity index (χ4v) is 1.88. The Morgan fingerprint density at radius 1 is 0.920 bits per heavy atom. The maximum atomic E-state index is 12.3. The predicted octanol–water partition coefficient (Wildman–Crippen LogP) is 4.54. The van der Waals surface area contributed by atoms with E-state index in [0.717, 1.165) is 0 Å². The molecule has 0 atom stereocenters. The van der Waals surface area contributed by atoms with E-state index >= 15 is 0 Å². The summed E-state index contributed by atoms with van der Waals surface area (Å²) in [6.07, 6.45) is 2.60. The van der Waals surface area contributed by atoms with Crippen molar-refractivity contribution in [2.24, 2.45) is 0 Å². The fraction of sp³-hybridized carbons (Fsp3) is 0.118. The van der Waals surface area contributed by atoms with Crippen LogP contribution in [0.15, 0.2) is 54.6 Å². The Morgan fingerprint density at radius 3 is 2.20 bits per heavy atom. The third kappa shape index (κ3) is 6.17. The number of carbonyl (C=O) groups is 1. The van der Waals surface area contributed by atoms with Crippen molar-refractivity contribution in [2.45, 2.75) is 13.2 Å². The normalized spacial score (nSPS) is 11.1. The molecule has 0 saturated heterocycles. The van der Waals surface area contributed by atoms with Gasteiger partial charge in [0.25, 0.3) is 0 Å². The topological polar surface area (TPSA) is 47.6 Å². The van der Waals surface area contributed by atoms with E-state index in [9.17, 15) is 22.4 Å². The van der Waals surface area contributed by atoms with Crippen LogP contribution in [0.1, 0.15) is 5.56 Å². The first-order chi connectivity index (χ1) is 11.9. The first-order valence-electron chi connectivity index (χ1n) is 7.02. The van der Waals surface area contributed by atoms with Crippen LogP contribution in [0.2, 0.25) is 0 Å². The number of carbonyl (C=O) groups excluding carboxylic acids is 1. The zero-order chi connectivity index (χ0) is 18.2. The lowest BCUT2D eigenvalue weighted by molar-refractivity contribution is -0.111. The Labute approximate surface area is 140 Å². The van der Waals surface area contributed by atoms with E-state index in [-0.39, 0.29) is 17.2 Å². The summed E-state index contributed by atoms with van der Waals surface area (Å²) in [5.74, 6) is -0.736. The summed E-state index contributed by atoms with van der Waals surface area (Å²) in [6, 6.07) is 11.4. The van der Waals surface area contributed by atoms with Crippen molar-refractivity contribution in [1.82, 2.24) is 0 Å². The second-order valence-electron chi connectivity index (χ2n) is 4.64. The van der Waals surface area contributed by atoms with Gasteiger partial charge >= 0.3 is 13.2 Å². The van der Waals surface area contributed by atoms with Gasteiger partial charge in [-0.15, -0.1) is 0 Å². The number of nitrogens with one attached hydrogen (secondary N) is 1. The molecule has 0 aliphatic rings. The molecule has 25 heavy (non-hydrogen) atoms. The van der Waals surface area contributed by atoms with Gasteiger partial charge in [-0.1, -0.05) is 24.3 Å². The van der Waals surface area contributed by atoms with Gasteiger partial charge in [-0.05, 0) is 35.9 Å². The van der Waals surface area contributed by atoms with Crippen molar-refractivity contribution in [3.63, 3.8) is 0 Å². The van der Waals surface area contributed by atoms with Gasteiger partial charge in [0.1, 0.15) is 11.5 Å². The van der Waals surface area contributed by atoms with Crippen molar-refractivity contribution >= 4 is 17.7 Å². The highest BCUT2D eigenvalue weighted by Crippen LogP contribution is 2.25. The van der Waals surface area contributed by atoms with Crippen LogP contribution in [0, 0.1) is 0 Å². The summed E-state index contributed by atoms with van der Waals surface area (Å²) in [4.78, 5) is 11.9. The smallest absolute Gasteiger partial charge is 0.387 e. The van der Waals surface area contributed by atoms with E-state index in [2.05, 4.69) is 14.8 Å². The molecule has 132 valence electrons. The first-order valence-corrected chi connectivity index (χ1v) is 7.02. The minimum atomic E-state index is -3.01. The predicted molar refractivity (Wildman–Crippen MR) is 83.8 cm³/mol. The van der Waals surface area contributed by atoms with Crippen molar-refractivity contribution in [2.75, 3.05) is 5.32 Å². The quantitative estimate of drug-likeness (QED) is 0.586. The van der Waals surface area contributed by atoms with Crippen LogP contribution in [0.4, 0.5) is 23.2 Å². The molecule has 0 fully saturated rings. The van der Waals surface area contributed by atoms with Gasteiger partial charge < -0.3 is 14.8 Å². The van der Waals surface area contributed by atoms with Gasteiger partial charge in [0, 0.05) is 6.08 Å². The van der Waals surface area contributed by atoms with Gasteiger partial charge in [-0.25, -0.2) is 0 Å². The Kier molecular flexibility index (Phi) is 6.39. The zero-order valence-corrected chi connectivity index (χ0v) is 12.7. The van der Waals surface area contributed by atoms with Gasteiger partial charge in [0.05, 0.1) is 5.69 Å². The Bertz CT molecular complexity index is 733. The molecule has 0 radical (unpaired) electrons. The van der Waals surface area contributed by atoms with E-state index in [1.165, 1.54) is 54.6 Å². The summed E-state index contributed by atoms with van der Waals surface area (Å²) >= 11 is 0. The molecule has 1 amide bonds. The van der Waals surface area contributed by atoms with Crippen LogP contribution in [-0.4, -0.2) is 19.1 Å². The largest absolute Gasteiger partial charge is 0.435 e. The molecule has 0 heterocycles. The molecule has 2 rings (SSSR count). The van der Waals surface area contributed by atoms with E-state index < -0.39 is 19.1 Å². The second kappa shape index (κ2) is 8.72. The van der Waals surface area contributed by atoms with Crippen LogP contribution < -0.4 is 14.8 Å². The molecular formula is C17H13F4NO3. The molecule has 0 spiro atoms. The summed E-state index contributed by atoms with van der Waals surface area (Å²) in [5.41, 5.74) is 0.659. The third-order valence-electron chi connectivity index (χ3n) is 2.89. The first kappa shape index (κ1) is 18.3. The number of para-hydroxylation sites is 2. The van der Waals surface area contributed by atoms with Crippen LogP contribution in [0.3, 0.4) is 0 Å². The number of rotatable bonds is 7.